The van der Waals surface area contributed by atoms with Crippen molar-refractivity contribution in [1.82, 2.24) is 30.2 Å². The summed E-state index contributed by atoms with van der Waals surface area (Å²) in [4.78, 5) is 62.1. The van der Waals surface area contributed by atoms with E-state index in [4.69, 9.17) is 14.5 Å². The number of anilines is 1. The van der Waals surface area contributed by atoms with E-state index in [1.807, 2.05) is 26.8 Å². The molecule has 56 heavy (non-hydrogen) atoms. The largest absolute Gasteiger partial charge is 0.464 e. The molecule has 1 saturated heterocycles. The highest BCUT2D eigenvalue weighted by atomic mass is 16.5. The molecule has 302 valence electrons. The Hall–Kier alpha value is -4.75. The fourth-order valence-electron chi connectivity index (χ4n) is 8.60. The fourth-order valence-corrected chi connectivity index (χ4v) is 8.60. The molecular weight excluding hydrogens is 711 g/mol. The van der Waals surface area contributed by atoms with Crippen molar-refractivity contribution in [3.63, 3.8) is 0 Å². The van der Waals surface area contributed by atoms with Gasteiger partial charge in [-0.1, -0.05) is 39.3 Å². The summed E-state index contributed by atoms with van der Waals surface area (Å²) in [5.74, 6) is -1.33. The summed E-state index contributed by atoms with van der Waals surface area (Å²) in [7, 11) is 3.27. The predicted molar refractivity (Wildman–Crippen MR) is 216 cm³/mol. The molecule has 3 unspecified atom stereocenters. The number of nitrogens with zero attached hydrogens (tertiary/aromatic N) is 5. The Morgan fingerprint density at radius 3 is 2.70 bits per heavy atom. The zero-order chi connectivity index (χ0) is 40.3. The molecule has 4 atom stereocenters. The van der Waals surface area contributed by atoms with Crippen LogP contribution in [0.3, 0.4) is 0 Å². The topological polar surface area (TPSA) is 138 Å². The van der Waals surface area contributed by atoms with Crippen molar-refractivity contribution in [3.05, 3.63) is 59.4 Å². The summed E-state index contributed by atoms with van der Waals surface area (Å²) >= 11 is 0. The molecule has 6 bridgehead atoms. The average Bonchev–Trinajstić information content (AvgIpc) is 3.50. The number of methoxy groups -OCH3 is 1. The fraction of sp³-hybridized carbons (Fsp3) is 0.558. The minimum atomic E-state index is -0.923. The van der Waals surface area contributed by atoms with E-state index in [2.05, 4.69) is 71.3 Å². The highest BCUT2D eigenvalue weighted by Gasteiger charge is 2.37. The molecule has 3 aliphatic heterocycles. The van der Waals surface area contributed by atoms with Crippen LogP contribution in [0, 0.1) is 11.3 Å². The number of hydrazine groups is 1. The van der Waals surface area contributed by atoms with Crippen molar-refractivity contribution in [3.8, 4) is 11.3 Å². The lowest BCUT2D eigenvalue weighted by Crippen LogP contribution is -2.61. The van der Waals surface area contributed by atoms with E-state index in [9.17, 15) is 19.2 Å². The number of ether oxygens (including phenoxy) is 2. The maximum atomic E-state index is 14.4. The summed E-state index contributed by atoms with van der Waals surface area (Å²) in [5, 5.41) is 5.61. The number of amides is 3. The molecule has 0 aliphatic carbocycles. The van der Waals surface area contributed by atoms with Gasteiger partial charge < -0.3 is 29.2 Å². The lowest BCUT2D eigenvalue weighted by molar-refractivity contribution is -0.155. The van der Waals surface area contributed by atoms with Crippen molar-refractivity contribution in [2.75, 3.05) is 45.3 Å². The van der Waals surface area contributed by atoms with Crippen LogP contribution in [-0.2, 0) is 41.6 Å². The molecule has 6 rings (SSSR count). The van der Waals surface area contributed by atoms with E-state index >= 15 is 0 Å². The van der Waals surface area contributed by atoms with E-state index in [0.717, 1.165) is 64.2 Å². The first-order valence-corrected chi connectivity index (χ1v) is 20.0. The molecule has 3 amide bonds. The van der Waals surface area contributed by atoms with Crippen molar-refractivity contribution < 1.29 is 28.7 Å². The van der Waals surface area contributed by atoms with Crippen LogP contribution in [0.4, 0.5) is 5.69 Å². The second-order valence-electron chi connectivity index (χ2n) is 16.6. The van der Waals surface area contributed by atoms with Gasteiger partial charge in [0.2, 0.25) is 12.3 Å². The number of cyclic esters (lactones) is 1. The van der Waals surface area contributed by atoms with Crippen LogP contribution in [0.25, 0.3) is 22.2 Å². The molecule has 0 radical (unpaired) electrons. The lowest BCUT2D eigenvalue weighted by Gasteiger charge is -2.37. The molecule has 5 heterocycles. The van der Waals surface area contributed by atoms with Gasteiger partial charge in [-0.15, -0.1) is 0 Å². The van der Waals surface area contributed by atoms with E-state index in [-0.39, 0.29) is 31.0 Å². The number of pyridine rings is 1. The molecule has 0 spiro atoms. The number of carbonyl (C=O) groups excluding carboxylic acids is 4. The summed E-state index contributed by atoms with van der Waals surface area (Å²) in [6, 6.07) is 8.33. The molecule has 3 aliphatic rings. The van der Waals surface area contributed by atoms with Gasteiger partial charge in [0, 0.05) is 74.1 Å². The number of likely N-dealkylation sites (N-methyl/N-ethyl adjacent to an activating group) is 1. The van der Waals surface area contributed by atoms with Crippen LogP contribution >= 0.6 is 0 Å². The number of nitrogens with one attached hydrogen (secondary N) is 2. The van der Waals surface area contributed by atoms with E-state index in [1.54, 1.807) is 20.4 Å². The Morgan fingerprint density at radius 1 is 1.20 bits per heavy atom. The van der Waals surface area contributed by atoms with Crippen LogP contribution in [0.2, 0.25) is 0 Å². The molecule has 13 nitrogen and oxygen atoms in total. The molecule has 0 saturated carbocycles. The number of carbonyl (C=O) groups is 4. The zero-order valence-corrected chi connectivity index (χ0v) is 34.3. The summed E-state index contributed by atoms with van der Waals surface area (Å²) < 4.78 is 14.2. The van der Waals surface area contributed by atoms with Crippen LogP contribution in [0.5, 0.6) is 0 Å². The predicted octanol–water partition coefficient (Wildman–Crippen LogP) is 5.18. The highest BCUT2D eigenvalue weighted by molar-refractivity contribution is 5.95. The van der Waals surface area contributed by atoms with Crippen molar-refractivity contribution in [2.45, 2.75) is 104 Å². The molecule has 13 heteroatoms. The number of aromatic nitrogens is 2. The first kappa shape index (κ1) is 40.9. The average molecular weight is 770 g/mol. The SMILES string of the molecule is CCn1c(-c2cccnc2C(C)OC)c2c3cc(ccc31)N1CCC=C(CC(NC(=O)C(C(C)C)N(C)C=O)C(=O)N3CCC[C@H](N3)C(=O)OCC(C)(C)C2)C1. The van der Waals surface area contributed by atoms with Gasteiger partial charge in [0.15, 0.2) is 0 Å². The Kier molecular flexibility index (Phi) is 12.5. The Balaban J connectivity index is 1.46. The number of fused-ring (bicyclic) bond motifs is 6. The number of aryl methyl sites for hydroxylation is 1. The second kappa shape index (κ2) is 17.2. The van der Waals surface area contributed by atoms with Gasteiger partial charge >= 0.3 is 5.97 Å². The van der Waals surface area contributed by atoms with Crippen molar-refractivity contribution in [2.24, 2.45) is 11.3 Å². The quantitative estimate of drug-likeness (QED) is 0.172. The Labute approximate surface area is 330 Å². The number of rotatable bonds is 9. The monoisotopic (exact) mass is 769 g/mol. The molecule has 1 fully saturated rings. The van der Waals surface area contributed by atoms with Gasteiger partial charge in [-0.3, -0.25) is 29.2 Å². The molecule has 2 aromatic heterocycles. The van der Waals surface area contributed by atoms with Crippen molar-refractivity contribution in [1.29, 1.82) is 0 Å². The van der Waals surface area contributed by atoms with E-state index in [1.165, 1.54) is 9.91 Å². The third-order valence-electron chi connectivity index (χ3n) is 11.5. The van der Waals surface area contributed by atoms with Crippen LogP contribution < -0.4 is 15.6 Å². The number of benzene rings is 1. The van der Waals surface area contributed by atoms with E-state index in [0.29, 0.717) is 38.8 Å². The Morgan fingerprint density at radius 2 is 1.98 bits per heavy atom. The first-order chi connectivity index (χ1) is 26.8. The zero-order valence-electron chi connectivity index (χ0n) is 34.3. The maximum Gasteiger partial charge on any atom is 0.324 e. The van der Waals surface area contributed by atoms with Crippen molar-refractivity contribution >= 4 is 40.8 Å². The van der Waals surface area contributed by atoms with Gasteiger partial charge in [0.25, 0.3) is 5.91 Å². The lowest BCUT2D eigenvalue weighted by atomic mass is 9.84. The summed E-state index contributed by atoms with van der Waals surface area (Å²) in [5.41, 5.74) is 10.0. The van der Waals surface area contributed by atoms with Gasteiger partial charge in [-0.25, -0.2) is 5.43 Å². The molecule has 1 aromatic carbocycles. The third-order valence-corrected chi connectivity index (χ3v) is 11.5. The molecule has 3 aromatic rings. The summed E-state index contributed by atoms with van der Waals surface area (Å²) in [6.45, 7) is 14.8. The van der Waals surface area contributed by atoms with Crippen LogP contribution in [0.1, 0.15) is 84.6 Å². The normalized spacial score (nSPS) is 21.6. The van der Waals surface area contributed by atoms with Gasteiger partial charge in [0.1, 0.15) is 18.1 Å². The highest BCUT2D eigenvalue weighted by Crippen LogP contribution is 2.42. The first-order valence-electron chi connectivity index (χ1n) is 20.0. The smallest absolute Gasteiger partial charge is 0.324 e. The van der Waals surface area contributed by atoms with Gasteiger partial charge in [0.05, 0.1) is 24.1 Å². The maximum absolute atomic E-state index is 14.4. The van der Waals surface area contributed by atoms with Crippen LogP contribution in [0.15, 0.2) is 48.2 Å². The third kappa shape index (κ3) is 8.48. The van der Waals surface area contributed by atoms with Gasteiger partial charge in [-0.2, -0.15) is 0 Å². The second-order valence-corrected chi connectivity index (χ2v) is 16.6. The van der Waals surface area contributed by atoms with E-state index < -0.39 is 35.4 Å². The summed E-state index contributed by atoms with van der Waals surface area (Å²) in [6.07, 6.45) is 7.17. The molecule has 2 N–H and O–H groups in total. The standard InChI is InChI=1S/C43H59N7O6/c1-9-49-36-17-16-30-22-32(36)33(39(49)31-14-10-18-44-37(31)28(4)55-8)23-43(5,6)25-56-42(54)34-15-12-20-50(46-34)41(53)35(21-29-13-11-19-48(30)24-29)45-40(52)38(27(2)3)47(7)26-51/h10,13-14,16-18,22,26-28,34-35,38,46H,9,11-12,15,19-21,23-25H2,1-8H3,(H,45,52)/t28?,34-,35?,38?/m0/s1. The number of esters is 1. The van der Waals surface area contributed by atoms with Crippen LogP contribution in [-0.4, -0.2) is 102 Å². The number of hydrogen-bond acceptors (Lipinski definition) is 9. The minimum absolute atomic E-state index is 0.171. The minimum Gasteiger partial charge on any atom is -0.464 e. The van der Waals surface area contributed by atoms with Gasteiger partial charge in [-0.05, 0) is 87.8 Å². The molecular formula is C43H59N7O6. The number of hydrogen-bond donors (Lipinski definition) is 2. The Bertz CT molecular complexity index is 1970.